The summed E-state index contributed by atoms with van der Waals surface area (Å²) in [5.74, 6) is 1.85. The maximum atomic E-state index is 3.42. The summed E-state index contributed by atoms with van der Waals surface area (Å²) < 4.78 is 0. The molecule has 3 nitrogen and oxygen atoms in total. The summed E-state index contributed by atoms with van der Waals surface area (Å²) in [6.45, 7) is 11.0. The Balaban J connectivity index is 1.55. The van der Waals surface area contributed by atoms with Gasteiger partial charge in [-0.2, -0.15) is 0 Å². The van der Waals surface area contributed by atoms with Crippen LogP contribution in [-0.4, -0.2) is 62.7 Å². The summed E-state index contributed by atoms with van der Waals surface area (Å²) in [5, 5.41) is 3.42. The van der Waals surface area contributed by atoms with Gasteiger partial charge in [-0.1, -0.05) is 26.2 Å². The van der Waals surface area contributed by atoms with Crippen LogP contribution in [0.1, 0.15) is 32.6 Å². The van der Waals surface area contributed by atoms with Gasteiger partial charge in [0.15, 0.2) is 0 Å². The highest BCUT2D eigenvalue weighted by atomic mass is 15.2. The van der Waals surface area contributed by atoms with Gasteiger partial charge in [0.2, 0.25) is 0 Å². The van der Waals surface area contributed by atoms with Gasteiger partial charge in [-0.15, -0.1) is 0 Å². The van der Waals surface area contributed by atoms with Crippen molar-refractivity contribution in [1.82, 2.24) is 15.1 Å². The molecule has 18 heavy (non-hydrogen) atoms. The molecule has 0 spiro atoms. The van der Waals surface area contributed by atoms with E-state index in [-0.39, 0.29) is 0 Å². The molecule has 1 saturated carbocycles. The number of hydrogen-bond acceptors (Lipinski definition) is 3. The lowest BCUT2D eigenvalue weighted by atomic mass is 9.83. The Kier molecular flexibility index (Phi) is 5.93. The van der Waals surface area contributed by atoms with Crippen molar-refractivity contribution in [2.24, 2.45) is 11.8 Å². The van der Waals surface area contributed by atoms with Gasteiger partial charge < -0.3 is 15.1 Å². The Hall–Kier alpha value is -0.120. The van der Waals surface area contributed by atoms with Gasteiger partial charge in [-0.3, -0.25) is 0 Å². The average Bonchev–Trinajstić information content (AvgIpc) is 2.27. The molecule has 3 heteroatoms. The van der Waals surface area contributed by atoms with Crippen LogP contribution in [0.2, 0.25) is 0 Å². The van der Waals surface area contributed by atoms with Gasteiger partial charge in [0.05, 0.1) is 0 Å². The molecule has 0 aromatic carbocycles. The van der Waals surface area contributed by atoms with Crippen LogP contribution < -0.4 is 5.32 Å². The zero-order valence-corrected chi connectivity index (χ0v) is 12.3. The monoisotopic (exact) mass is 253 g/mol. The molecule has 1 saturated heterocycles. The van der Waals surface area contributed by atoms with Crippen LogP contribution >= 0.6 is 0 Å². The minimum atomic E-state index is 0.800. The summed E-state index contributed by atoms with van der Waals surface area (Å²) in [5.41, 5.74) is 0. The molecule has 1 heterocycles. The van der Waals surface area contributed by atoms with Crippen LogP contribution in [0.15, 0.2) is 0 Å². The third kappa shape index (κ3) is 4.87. The molecule has 2 fully saturated rings. The zero-order valence-electron chi connectivity index (χ0n) is 12.3. The first-order valence-electron chi connectivity index (χ1n) is 7.85. The van der Waals surface area contributed by atoms with Gasteiger partial charge in [-0.05, 0) is 31.8 Å². The van der Waals surface area contributed by atoms with Crippen LogP contribution in [0, 0.1) is 11.8 Å². The van der Waals surface area contributed by atoms with E-state index in [0.717, 1.165) is 11.8 Å². The highest BCUT2D eigenvalue weighted by molar-refractivity contribution is 4.73. The molecule has 0 aromatic heterocycles. The highest BCUT2D eigenvalue weighted by Gasteiger charge is 2.18. The Morgan fingerprint density at radius 1 is 1.28 bits per heavy atom. The second kappa shape index (κ2) is 7.46. The molecule has 2 aliphatic rings. The fraction of sp³-hybridized carbons (Fsp3) is 1.00. The fourth-order valence-corrected chi connectivity index (χ4v) is 3.20. The van der Waals surface area contributed by atoms with Crippen molar-refractivity contribution in [2.45, 2.75) is 32.6 Å². The summed E-state index contributed by atoms with van der Waals surface area (Å²) in [6, 6.07) is 0. The van der Waals surface area contributed by atoms with E-state index in [1.165, 1.54) is 71.5 Å². The topological polar surface area (TPSA) is 18.5 Å². The molecular formula is C15H31N3. The number of nitrogens with one attached hydrogen (secondary N) is 1. The summed E-state index contributed by atoms with van der Waals surface area (Å²) in [7, 11) is 2.30. The van der Waals surface area contributed by atoms with Crippen molar-refractivity contribution >= 4 is 0 Å². The zero-order chi connectivity index (χ0) is 12.8. The molecule has 2 rings (SSSR count). The summed E-state index contributed by atoms with van der Waals surface area (Å²) in [6.07, 6.45) is 5.89. The Morgan fingerprint density at radius 3 is 2.61 bits per heavy atom. The minimum Gasteiger partial charge on any atom is -0.314 e. The molecule has 0 amide bonds. The van der Waals surface area contributed by atoms with Gasteiger partial charge in [0.1, 0.15) is 0 Å². The molecule has 0 aromatic rings. The lowest BCUT2D eigenvalue weighted by Crippen LogP contribution is -2.46. The van der Waals surface area contributed by atoms with E-state index in [9.17, 15) is 0 Å². The molecule has 0 radical (unpaired) electrons. The van der Waals surface area contributed by atoms with E-state index >= 15 is 0 Å². The van der Waals surface area contributed by atoms with Crippen molar-refractivity contribution in [3.05, 3.63) is 0 Å². The van der Waals surface area contributed by atoms with Crippen molar-refractivity contribution < 1.29 is 0 Å². The predicted octanol–water partition coefficient (Wildman–Crippen LogP) is 1.65. The van der Waals surface area contributed by atoms with Crippen LogP contribution in [0.5, 0.6) is 0 Å². The second-order valence-electron chi connectivity index (χ2n) is 6.50. The minimum absolute atomic E-state index is 0.800. The van der Waals surface area contributed by atoms with Gasteiger partial charge in [0.25, 0.3) is 0 Å². The van der Waals surface area contributed by atoms with Crippen molar-refractivity contribution in [1.29, 1.82) is 0 Å². The van der Waals surface area contributed by atoms with E-state index in [2.05, 4.69) is 29.1 Å². The van der Waals surface area contributed by atoms with E-state index in [1.807, 2.05) is 0 Å². The Bertz CT molecular complexity index is 222. The van der Waals surface area contributed by atoms with E-state index in [1.54, 1.807) is 0 Å². The summed E-state index contributed by atoms with van der Waals surface area (Å²) >= 11 is 0. The first kappa shape index (κ1) is 14.3. The standard InChI is InChI=1S/C15H31N3/c1-14(13-18-10-7-16-8-11-18)12-17(2)9-6-15-4-3-5-15/h14-16H,3-13H2,1-2H3. The third-order valence-electron chi connectivity index (χ3n) is 4.55. The molecule has 1 N–H and O–H groups in total. The Labute approximate surface area is 113 Å². The first-order chi connectivity index (χ1) is 8.74. The van der Waals surface area contributed by atoms with Crippen LogP contribution in [0.25, 0.3) is 0 Å². The third-order valence-corrected chi connectivity index (χ3v) is 4.55. The van der Waals surface area contributed by atoms with Crippen LogP contribution in [0.4, 0.5) is 0 Å². The number of rotatable bonds is 7. The molecular weight excluding hydrogens is 222 g/mol. The highest BCUT2D eigenvalue weighted by Crippen LogP contribution is 2.29. The summed E-state index contributed by atoms with van der Waals surface area (Å²) in [4.78, 5) is 5.16. The normalized spacial score (nSPS) is 24.2. The predicted molar refractivity (Wildman–Crippen MR) is 77.9 cm³/mol. The fourth-order valence-electron chi connectivity index (χ4n) is 3.20. The quantitative estimate of drug-likeness (QED) is 0.744. The smallest absolute Gasteiger partial charge is 0.0107 e. The van der Waals surface area contributed by atoms with Crippen LogP contribution in [-0.2, 0) is 0 Å². The maximum absolute atomic E-state index is 3.42. The van der Waals surface area contributed by atoms with Gasteiger partial charge >= 0.3 is 0 Å². The van der Waals surface area contributed by atoms with E-state index in [4.69, 9.17) is 0 Å². The number of piperazine rings is 1. The van der Waals surface area contributed by atoms with Crippen molar-refractivity contribution in [3.63, 3.8) is 0 Å². The van der Waals surface area contributed by atoms with E-state index in [0.29, 0.717) is 0 Å². The lowest BCUT2D eigenvalue weighted by molar-refractivity contribution is 0.173. The number of nitrogens with zero attached hydrogens (tertiary/aromatic N) is 2. The van der Waals surface area contributed by atoms with E-state index < -0.39 is 0 Å². The largest absolute Gasteiger partial charge is 0.314 e. The molecule has 1 unspecified atom stereocenters. The Morgan fingerprint density at radius 2 is 2.00 bits per heavy atom. The van der Waals surface area contributed by atoms with Crippen LogP contribution in [0.3, 0.4) is 0 Å². The molecule has 1 aliphatic heterocycles. The van der Waals surface area contributed by atoms with Gasteiger partial charge in [0, 0.05) is 39.3 Å². The maximum Gasteiger partial charge on any atom is 0.0107 e. The average molecular weight is 253 g/mol. The SMILES string of the molecule is CC(CN(C)CCC1CCC1)CN1CCNCC1. The lowest BCUT2D eigenvalue weighted by Gasteiger charge is -2.32. The molecule has 106 valence electrons. The molecule has 0 bridgehead atoms. The molecule has 1 aliphatic carbocycles. The first-order valence-corrected chi connectivity index (χ1v) is 7.85. The van der Waals surface area contributed by atoms with Crippen molar-refractivity contribution in [3.8, 4) is 0 Å². The van der Waals surface area contributed by atoms with Crippen molar-refractivity contribution in [2.75, 3.05) is 52.9 Å². The number of hydrogen-bond donors (Lipinski definition) is 1. The van der Waals surface area contributed by atoms with Gasteiger partial charge in [-0.25, -0.2) is 0 Å². The molecule has 1 atom stereocenters. The second-order valence-corrected chi connectivity index (χ2v) is 6.50.